The van der Waals surface area contributed by atoms with Crippen LogP contribution in [0.3, 0.4) is 0 Å². The van der Waals surface area contributed by atoms with Crippen LogP contribution >= 0.6 is 0 Å². The van der Waals surface area contributed by atoms with Crippen LogP contribution in [0, 0.1) is 20.2 Å². The number of amides is 1. The van der Waals surface area contributed by atoms with Gasteiger partial charge in [-0.05, 0) is 25.0 Å². The van der Waals surface area contributed by atoms with Crippen molar-refractivity contribution in [1.82, 2.24) is 10.2 Å². The number of aromatic amines is 1. The summed E-state index contributed by atoms with van der Waals surface area (Å²) < 4.78 is 0. The van der Waals surface area contributed by atoms with Gasteiger partial charge in [-0.2, -0.15) is 5.10 Å². The molecule has 1 aromatic heterocycles. The van der Waals surface area contributed by atoms with Crippen LogP contribution in [0.4, 0.5) is 22.9 Å². The van der Waals surface area contributed by atoms with Gasteiger partial charge in [-0.15, -0.1) is 0 Å². The minimum absolute atomic E-state index is 0.0666. The quantitative estimate of drug-likeness (QED) is 0.454. The first kappa shape index (κ1) is 20.0. The molecule has 3 aromatic rings. The molecule has 1 aliphatic heterocycles. The maximum atomic E-state index is 12.6. The zero-order valence-corrected chi connectivity index (χ0v) is 16.3. The molecule has 0 radical (unpaired) electrons. The van der Waals surface area contributed by atoms with E-state index in [1.807, 2.05) is 4.90 Å². The van der Waals surface area contributed by atoms with Gasteiger partial charge in [0.05, 0.1) is 15.5 Å². The average molecular weight is 422 g/mol. The molecule has 0 aliphatic carbocycles. The molecule has 4 rings (SSSR count). The number of aromatic nitrogens is 2. The first-order valence-electron chi connectivity index (χ1n) is 9.57. The van der Waals surface area contributed by atoms with E-state index in [0.29, 0.717) is 16.9 Å². The molecule has 2 heterocycles. The van der Waals surface area contributed by atoms with Crippen molar-refractivity contribution < 1.29 is 14.6 Å². The fourth-order valence-corrected chi connectivity index (χ4v) is 3.55. The van der Waals surface area contributed by atoms with Crippen molar-refractivity contribution in [2.75, 3.05) is 23.3 Å². The van der Waals surface area contributed by atoms with Gasteiger partial charge >= 0.3 is 0 Å². The van der Waals surface area contributed by atoms with Gasteiger partial charge in [-0.1, -0.05) is 12.1 Å². The topological polar surface area (TPSA) is 147 Å². The Morgan fingerprint density at radius 1 is 1.03 bits per heavy atom. The van der Waals surface area contributed by atoms with Gasteiger partial charge in [-0.3, -0.25) is 30.1 Å². The third-order valence-corrected chi connectivity index (χ3v) is 5.07. The van der Waals surface area contributed by atoms with Crippen LogP contribution in [-0.4, -0.2) is 39.0 Å². The van der Waals surface area contributed by atoms with Crippen molar-refractivity contribution in [2.45, 2.75) is 12.8 Å². The molecule has 1 fully saturated rings. The van der Waals surface area contributed by atoms with Crippen molar-refractivity contribution in [3.05, 3.63) is 74.3 Å². The molecule has 0 atom stereocenters. The van der Waals surface area contributed by atoms with E-state index in [1.54, 1.807) is 24.3 Å². The van der Waals surface area contributed by atoms with Crippen LogP contribution in [0.15, 0.2) is 48.5 Å². The lowest BCUT2D eigenvalue weighted by atomic mass is 10.1. The number of carbonyl (C=O) groups is 1. The molecular weight excluding hydrogens is 404 g/mol. The fraction of sp³-hybridized carbons (Fsp3) is 0.200. The summed E-state index contributed by atoms with van der Waals surface area (Å²) in [4.78, 5) is 36.1. The summed E-state index contributed by atoms with van der Waals surface area (Å²) in [5, 5.41) is 31.8. The highest BCUT2D eigenvalue weighted by atomic mass is 16.6. The zero-order valence-electron chi connectivity index (χ0n) is 16.3. The largest absolute Gasteiger partial charge is 0.366 e. The van der Waals surface area contributed by atoms with E-state index >= 15 is 0 Å². The molecule has 0 unspecified atom stereocenters. The number of nitrogens with one attached hydrogen (secondary N) is 2. The van der Waals surface area contributed by atoms with Crippen LogP contribution in [0.5, 0.6) is 0 Å². The highest BCUT2D eigenvalue weighted by Gasteiger charge is 2.24. The van der Waals surface area contributed by atoms with Gasteiger partial charge in [0.1, 0.15) is 5.69 Å². The second-order valence-electron chi connectivity index (χ2n) is 7.08. The van der Waals surface area contributed by atoms with Gasteiger partial charge < -0.3 is 10.2 Å². The summed E-state index contributed by atoms with van der Waals surface area (Å²) in [7, 11) is 0. The summed E-state index contributed by atoms with van der Waals surface area (Å²) in [6.07, 6.45) is 1.96. The maximum Gasteiger partial charge on any atom is 0.293 e. The smallest absolute Gasteiger partial charge is 0.293 e. The molecule has 1 amide bonds. The Bertz CT molecular complexity index is 1170. The van der Waals surface area contributed by atoms with E-state index in [4.69, 9.17) is 0 Å². The first-order valence-corrected chi connectivity index (χ1v) is 9.57. The van der Waals surface area contributed by atoms with E-state index in [1.165, 1.54) is 24.3 Å². The fourth-order valence-electron chi connectivity index (χ4n) is 3.55. The highest BCUT2D eigenvalue weighted by Crippen LogP contribution is 2.32. The number of rotatable bonds is 6. The van der Waals surface area contributed by atoms with Gasteiger partial charge in [0, 0.05) is 48.5 Å². The van der Waals surface area contributed by atoms with Crippen molar-refractivity contribution in [3.63, 3.8) is 0 Å². The van der Waals surface area contributed by atoms with Crippen molar-refractivity contribution >= 4 is 28.8 Å². The summed E-state index contributed by atoms with van der Waals surface area (Å²) >= 11 is 0. The van der Waals surface area contributed by atoms with E-state index < -0.39 is 15.8 Å². The Morgan fingerprint density at radius 2 is 1.81 bits per heavy atom. The SMILES string of the molecule is O=C(Nc1cc(-c2cccc([N+](=O)[O-])c2)[nH]n1)c1ccc(N2CCCC2)c([N+](=O)[O-])c1. The number of hydrogen-bond donors (Lipinski definition) is 2. The number of hydrogen-bond acceptors (Lipinski definition) is 7. The van der Waals surface area contributed by atoms with Crippen LogP contribution in [0.1, 0.15) is 23.2 Å². The van der Waals surface area contributed by atoms with Gasteiger partial charge in [-0.25, -0.2) is 0 Å². The van der Waals surface area contributed by atoms with E-state index in [2.05, 4.69) is 15.5 Å². The van der Waals surface area contributed by atoms with E-state index in [-0.39, 0.29) is 22.8 Å². The molecule has 1 saturated heterocycles. The lowest BCUT2D eigenvalue weighted by molar-refractivity contribution is -0.384. The molecule has 0 saturated carbocycles. The molecule has 1 aliphatic rings. The standard InChI is InChI=1S/C20H18N6O5/c27-20(14-6-7-17(18(11-14)26(30)31)24-8-1-2-9-24)21-19-12-16(22-23-19)13-4-3-5-15(10-13)25(28)29/h3-7,10-12H,1-2,8-9H2,(H2,21,22,23,27). The molecule has 11 heteroatoms. The Morgan fingerprint density at radius 3 is 2.52 bits per heavy atom. The van der Waals surface area contributed by atoms with Crippen molar-refractivity contribution in [1.29, 1.82) is 0 Å². The summed E-state index contributed by atoms with van der Waals surface area (Å²) in [6, 6.07) is 11.9. The van der Waals surface area contributed by atoms with Crippen LogP contribution in [-0.2, 0) is 0 Å². The number of anilines is 2. The number of nitrogens with zero attached hydrogens (tertiary/aromatic N) is 4. The van der Waals surface area contributed by atoms with Crippen LogP contribution in [0.2, 0.25) is 0 Å². The van der Waals surface area contributed by atoms with Gasteiger partial charge in [0.2, 0.25) is 0 Å². The Balaban J connectivity index is 1.54. The average Bonchev–Trinajstić information content (AvgIpc) is 3.46. The minimum atomic E-state index is -0.548. The minimum Gasteiger partial charge on any atom is -0.366 e. The molecule has 31 heavy (non-hydrogen) atoms. The number of H-pyrrole nitrogens is 1. The first-order chi connectivity index (χ1) is 14.9. The lowest BCUT2D eigenvalue weighted by Gasteiger charge is -2.17. The zero-order chi connectivity index (χ0) is 22.0. The van der Waals surface area contributed by atoms with E-state index in [9.17, 15) is 25.0 Å². The monoisotopic (exact) mass is 422 g/mol. The molecule has 2 aromatic carbocycles. The second kappa shape index (κ2) is 8.22. The van der Waals surface area contributed by atoms with Gasteiger partial charge in [0.15, 0.2) is 5.82 Å². The van der Waals surface area contributed by atoms with Crippen LogP contribution < -0.4 is 10.2 Å². The predicted molar refractivity (Wildman–Crippen MR) is 113 cm³/mol. The van der Waals surface area contributed by atoms with Crippen molar-refractivity contribution in [2.24, 2.45) is 0 Å². The Hall–Kier alpha value is -4.28. The number of carbonyl (C=O) groups excluding carboxylic acids is 1. The molecular formula is C20H18N6O5. The predicted octanol–water partition coefficient (Wildman–Crippen LogP) is 3.75. The second-order valence-corrected chi connectivity index (χ2v) is 7.08. The third-order valence-electron chi connectivity index (χ3n) is 5.07. The number of nitro benzene ring substituents is 2. The number of non-ortho nitro benzene ring substituents is 1. The van der Waals surface area contributed by atoms with E-state index in [0.717, 1.165) is 25.9 Å². The maximum absolute atomic E-state index is 12.6. The molecule has 2 N–H and O–H groups in total. The molecule has 0 bridgehead atoms. The van der Waals surface area contributed by atoms with Crippen molar-refractivity contribution in [3.8, 4) is 11.3 Å². The molecule has 158 valence electrons. The third kappa shape index (κ3) is 4.20. The lowest BCUT2D eigenvalue weighted by Crippen LogP contribution is -2.19. The van der Waals surface area contributed by atoms with Gasteiger partial charge in [0.25, 0.3) is 17.3 Å². The normalized spacial score (nSPS) is 13.2. The van der Waals surface area contributed by atoms with Crippen LogP contribution in [0.25, 0.3) is 11.3 Å². The summed E-state index contributed by atoms with van der Waals surface area (Å²) in [5.41, 5.74) is 1.47. The number of nitro groups is 2. The Labute approximate surface area is 176 Å². The molecule has 11 nitrogen and oxygen atoms in total. The Kier molecular flexibility index (Phi) is 5.31. The summed E-state index contributed by atoms with van der Waals surface area (Å²) in [5.74, 6) is -0.356. The number of benzene rings is 2. The highest BCUT2D eigenvalue weighted by molar-refractivity contribution is 6.04. The summed E-state index contributed by atoms with van der Waals surface area (Å²) in [6.45, 7) is 1.50. The molecule has 0 spiro atoms.